The van der Waals surface area contributed by atoms with Gasteiger partial charge in [0, 0.05) is 20.8 Å². The molecule has 0 rings (SSSR count). The molecule has 6 N–H and O–H groups in total. The largest absolute Gasteiger partial charge is 0.653 e. The maximum Gasteiger partial charge on any atom is 0.653 e. The van der Waals surface area contributed by atoms with E-state index in [9.17, 15) is 28.3 Å². The minimum absolute atomic E-state index is 0.930. The summed E-state index contributed by atoms with van der Waals surface area (Å²) < 4.78 is 37.7. The van der Waals surface area contributed by atoms with E-state index in [0.717, 1.165) is 20.8 Å². The molecular weight excluding hydrogens is 462 g/mol. The fourth-order valence-corrected chi connectivity index (χ4v) is 2.70. The van der Waals surface area contributed by atoms with Crippen molar-refractivity contribution in [1.82, 2.24) is 0 Å². The van der Waals surface area contributed by atoms with Crippen molar-refractivity contribution in [1.29, 1.82) is 0 Å². The average molecular weight is 484 g/mol. The molecule has 0 unspecified atom stereocenters. The number of rotatable bonds is 10. The van der Waals surface area contributed by atoms with Crippen LogP contribution in [0.3, 0.4) is 0 Å². The zero-order chi connectivity index (χ0) is 24.3. The van der Waals surface area contributed by atoms with Gasteiger partial charge in [-0.15, -0.1) is 0 Å². The van der Waals surface area contributed by atoms with Crippen LogP contribution in [0.15, 0.2) is 0 Å². The summed E-state index contributed by atoms with van der Waals surface area (Å²) in [5.41, 5.74) is 0. The number of aliphatic hydroxyl groups is 4. The van der Waals surface area contributed by atoms with Gasteiger partial charge in [-0.25, -0.2) is 4.57 Å². The number of hydrogen-bond donors (Lipinski definition) is 6. The molecule has 0 saturated heterocycles. The Bertz CT molecular complexity index is 651. The van der Waals surface area contributed by atoms with Gasteiger partial charge in [0.2, 0.25) is 0 Å². The maximum absolute atomic E-state index is 11.3. The zero-order valence-corrected chi connectivity index (χ0v) is 17.6. The van der Waals surface area contributed by atoms with E-state index in [2.05, 4.69) is 18.1 Å². The molecule has 0 aromatic carbocycles. The number of phosphoric acid groups is 2. The van der Waals surface area contributed by atoms with E-state index in [0.29, 0.717) is 0 Å². The van der Waals surface area contributed by atoms with Gasteiger partial charge in [-0.2, -0.15) is 4.57 Å². The van der Waals surface area contributed by atoms with E-state index < -0.39 is 70.9 Å². The summed E-state index contributed by atoms with van der Waals surface area (Å²) in [6, 6.07) is 0. The Labute approximate surface area is 169 Å². The first-order valence-electron chi connectivity index (χ1n) is 7.52. The third-order valence-electron chi connectivity index (χ3n) is 2.34. The lowest BCUT2D eigenvalue weighted by atomic mass is 10.1. The van der Waals surface area contributed by atoms with E-state index in [1.807, 2.05) is 0 Å². The standard InChI is InChI=1S/C6H13O9P.C6H9O7P/c7-1-3(8)5(10)6(11)4(9)2-15-16(12,13)14;1-4(7)11-14(10,12-5(2)8)13-6(3)9/h4-7,9-11H,1-2H2,(H2,12,13,14);1-3H3/t4-,5-,6-;/m1./s1. The van der Waals surface area contributed by atoms with Crippen LogP contribution in [0.4, 0.5) is 0 Å². The Balaban J connectivity index is 0. The van der Waals surface area contributed by atoms with Crippen LogP contribution in [0.1, 0.15) is 20.8 Å². The summed E-state index contributed by atoms with van der Waals surface area (Å²) >= 11 is 0. The van der Waals surface area contributed by atoms with Crippen molar-refractivity contribution in [3.05, 3.63) is 0 Å². The molecule has 0 bridgehead atoms. The topological polar surface area (TPSA) is 261 Å². The molecule has 3 atom stereocenters. The highest BCUT2D eigenvalue weighted by molar-refractivity contribution is 7.50. The van der Waals surface area contributed by atoms with Crippen LogP contribution in [0.5, 0.6) is 0 Å². The Morgan fingerprint density at radius 2 is 1.20 bits per heavy atom. The van der Waals surface area contributed by atoms with Crippen molar-refractivity contribution in [2.24, 2.45) is 0 Å². The maximum atomic E-state index is 11.3. The third-order valence-corrected chi connectivity index (χ3v) is 4.27. The monoisotopic (exact) mass is 484 g/mol. The fraction of sp³-hybridized carbons (Fsp3) is 0.667. The highest BCUT2D eigenvalue weighted by atomic mass is 31.2. The van der Waals surface area contributed by atoms with E-state index in [-0.39, 0.29) is 0 Å². The number of hydrogen-bond acceptors (Lipinski definition) is 14. The highest BCUT2D eigenvalue weighted by Gasteiger charge is 2.36. The molecule has 30 heavy (non-hydrogen) atoms. The molecule has 0 aliphatic heterocycles. The molecule has 0 saturated carbocycles. The Kier molecular flexibility index (Phi) is 13.7. The molecule has 0 fully saturated rings. The van der Waals surface area contributed by atoms with Crippen molar-refractivity contribution < 1.29 is 76.6 Å². The molecule has 0 radical (unpaired) electrons. The van der Waals surface area contributed by atoms with Crippen molar-refractivity contribution in [2.75, 3.05) is 13.2 Å². The Hall–Kier alpha value is -1.74. The van der Waals surface area contributed by atoms with Crippen LogP contribution >= 0.6 is 15.6 Å². The zero-order valence-electron chi connectivity index (χ0n) is 15.8. The van der Waals surface area contributed by atoms with Gasteiger partial charge in [-0.05, 0) is 0 Å². The molecule has 0 spiro atoms. The second-order valence-electron chi connectivity index (χ2n) is 5.11. The average Bonchev–Trinajstić information content (AvgIpc) is 2.54. The Morgan fingerprint density at radius 3 is 1.47 bits per heavy atom. The fourth-order valence-electron chi connectivity index (χ4n) is 1.29. The van der Waals surface area contributed by atoms with Gasteiger partial charge in [0.15, 0.2) is 5.78 Å². The van der Waals surface area contributed by atoms with E-state index >= 15 is 0 Å². The second-order valence-corrected chi connectivity index (χ2v) is 7.79. The molecule has 0 aromatic heterocycles. The normalized spacial score (nSPS) is 14.3. The SMILES string of the molecule is CC(=O)OP(=O)(OC(C)=O)OC(C)=O.O=C(CO)[C@@H](O)[C@H](O)[C@H](O)COP(=O)(O)O. The van der Waals surface area contributed by atoms with Crippen LogP contribution in [0, 0.1) is 0 Å². The van der Waals surface area contributed by atoms with Gasteiger partial charge in [-0.1, -0.05) is 0 Å². The van der Waals surface area contributed by atoms with Crippen molar-refractivity contribution in [3.8, 4) is 0 Å². The van der Waals surface area contributed by atoms with Gasteiger partial charge in [0.1, 0.15) is 24.9 Å². The molecule has 0 aromatic rings. The summed E-state index contributed by atoms with van der Waals surface area (Å²) in [4.78, 5) is 58.6. The van der Waals surface area contributed by atoms with E-state index in [1.54, 1.807) is 0 Å². The first-order valence-corrected chi connectivity index (χ1v) is 10.5. The van der Waals surface area contributed by atoms with E-state index in [1.165, 1.54) is 0 Å². The third kappa shape index (κ3) is 15.1. The molecular formula is C12H22O16P2. The molecule has 18 heteroatoms. The van der Waals surface area contributed by atoms with Gasteiger partial charge >= 0.3 is 33.6 Å². The molecule has 16 nitrogen and oxygen atoms in total. The first-order chi connectivity index (χ1) is 13.4. The summed E-state index contributed by atoms with van der Waals surface area (Å²) in [6.07, 6.45) is -5.94. The van der Waals surface area contributed by atoms with Crippen molar-refractivity contribution >= 4 is 39.3 Å². The summed E-state index contributed by atoms with van der Waals surface area (Å²) in [5.74, 6) is -4.11. The van der Waals surface area contributed by atoms with Crippen LogP contribution in [0.25, 0.3) is 0 Å². The first kappa shape index (κ1) is 30.5. The van der Waals surface area contributed by atoms with Crippen LogP contribution in [-0.2, 0) is 46.4 Å². The summed E-state index contributed by atoms with van der Waals surface area (Å²) in [5, 5.41) is 35.6. The number of phosphoric ester groups is 2. The minimum atomic E-state index is -4.81. The molecule has 176 valence electrons. The van der Waals surface area contributed by atoms with Crippen LogP contribution in [0.2, 0.25) is 0 Å². The minimum Gasteiger partial charge on any atom is -0.388 e. The number of Topliss-reactive ketones (excluding diaryl/α,β-unsaturated/α-hetero) is 1. The van der Waals surface area contributed by atoms with Crippen molar-refractivity contribution in [3.63, 3.8) is 0 Å². The lowest BCUT2D eigenvalue weighted by Crippen LogP contribution is -2.45. The van der Waals surface area contributed by atoms with Gasteiger partial charge in [-0.3, -0.25) is 23.7 Å². The molecule has 0 aliphatic rings. The van der Waals surface area contributed by atoms with Gasteiger partial charge in [0.25, 0.3) is 0 Å². The number of carbonyl (C=O) groups excluding carboxylic acids is 4. The number of ketones is 1. The quantitative estimate of drug-likeness (QED) is 0.175. The number of carbonyl (C=O) groups is 4. The lowest BCUT2D eigenvalue weighted by Gasteiger charge is -2.21. The van der Waals surface area contributed by atoms with Crippen LogP contribution in [-0.4, -0.2) is 85.4 Å². The van der Waals surface area contributed by atoms with E-state index in [4.69, 9.17) is 30.2 Å². The smallest absolute Gasteiger partial charge is 0.388 e. The summed E-state index contributed by atoms with van der Waals surface area (Å²) in [6.45, 7) is 0.782. The lowest BCUT2D eigenvalue weighted by molar-refractivity contribution is -0.143. The second kappa shape index (κ2) is 13.5. The molecule has 0 heterocycles. The molecule has 0 aliphatic carbocycles. The van der Waals surface area contributed by atoms with Crippen LogP contribution < -0.4 is 0 Å². The highest BCUT2D eigenvalue weighted by Crippen LogP contribution is 2.49. The number of aliphatic hydroxyl groups excluding tert-OH is 4. The molecule has 0 amide bonds. The Morgan fingerprint density at radius 1 is 0.833 bits per heavy atom. The summed E-state index contributed by atoms with van der Waals surface area (Å²) in [7, 11) is -9.24. The van der Waals surface area contributed by atoms with Gasteiger partial charge < -0.3 is 43.8 Å². The van der Waals surface area contributed by atoms with Crippen molar-refractivity contribution in [2.45, 2.75) is 39.1 Å². The van der Waals surface area contributed by atoms with Gasteiger partial charge in [0.05, 0.1) is 6.61 Å². The predicted octanol–water partition coefficient (Wildman–Crippen LogP) is -2.48. The predicted molar refractivity (Wildman–Crippen MR) is 91.0 cm³/mol.